The number of carbonyl (C=O) groups is 3. The molecule has 0 saturated carbocycles. The zero-order valence-electron chi connectivity index (χ0n) is 15.9. The van der Waals surface area contributed by atoms with E-state index in [1.54, 1.807) is 40.9 Å². The van der Waals surface area contributed by atoms with Crippen molar-refractivity contribution in [2.24, 2.45) is 0 Å². The summed E-state index contributed by atoms with van der Waals surface area (Å²) in [7, 11) is 0. The lowest BCUT2D eigenvalue weighted by Crippen LogP contribution is -2.34. The molecule has 2 aliphatic rings. The van der Waals surface area contributed by atoms with E-state index in [0.29, 0.717) is 12.1 Å². The van der Waals surface area contributed by atoms with Gasteiger partial charge in [-0.25, -0.2) is 0 Å². The summed E-state index contributed by atoms with van der Waals surface area (Å²) in [5.41, 5.74) is 1.56. The molecular formula is C22H20N4O3. The summed E-state index contributed by atoms with van der Waals surface area (Å²) in [6, 6.07) is 8.53. The lowest BCUT2D eigenvalue weighted by molar-refractivity contribution is 0.0936. The maximum Gasteiger partial charge on any atom is 0.254 e. The van der Waals surface area contributed by atoms with E-state index in [-0.39, 0.29) is 45.6 Å². The van der Waals surface area contributed by atoms with Crippen LogP contribution in [0.25, 0.3) is 5.52 Å². The van der Waals surface area contributed by atoms with E-state index in [1.165, 1.54) is 19.0 Å². The van der Waals surface area contributed by atoms with E-state index in [2.05, 4.69) is 15.2 Å². The third-order valence-electron chi connectivity index (χ3n) is 5.69. The van der Waals surface area contributed by atoms with Crippen molar-refractivity contribution in [2.75, 3.05) is 26.2 Å². The number of hydrogen-bond donors (Lipinski definition) is 1. The molecular weight excluding hydrogens is 368 g/mol. The van der Waals surface area contributed by atoms with Crippen LogP contribution in [-0.4, -0.2) is 57.9 Å². The minimum Gasteiger partial charge on any atom is -0.351 e. The number of nitrogens with one attached hydrogen (secondary N) is 1. The molecule has 3 aromatic heterocycles. The number of amides is 1. The fraction of sp³-hybridized carbons (Fsp3) is 0.273. The molecule has 1 N–H and O–H groups in total. The third-order valence-corrected chi connectivity index (χ3v) is 5.69. The predicted octanol–water partition coefficient (Wildman–Crippen LogP) is 1.94. The molecule has 0 unspecified atom stereocenters. The Morgan fingerprint density at radius 2 is 1.90 bits per heavy atom. The summed E-state index contributed by atoms with van der Waals surface area (Å²) < 4.78 is 1.63. The first-order valence-corrected chi connectivity index (χ1v) is 9.85. The quantitative estimate of drug-likeness (QED) is 0.578. The van der Waals surface area contributed by atoms with E-state index in [4.69, 9.17) is 0 Å². The van der Waals surface area contributed by atoms with Crippen LogP contribution < -0.4 is 5.32 Å². The van der Waals surface area contributed by atoms with Crippen LogP contribution in [0.5, 0.6) is 0 Å². The van der Waals surface area contributed by atoms with Gasteiger partial charge < -0.3 is 14.6 Å². The number of likely N-dealkylation sites (tertiary alicyclic amines) is 1. The van der Waals surface area contributed by atoms with Gasteiger partial charge in [0.2, 0.25) is 5.78 Å². The smallest absolute Gasteiger partial charge is 0.254 e. The summed E-state index contributed by atoms with van der Waals surface area (Å²) >= 11 is 0. The van der Waals surface area contributed by atoms with Gasteiger partial charge in [0.05, 0.1) is 22.2 Å². The molecule has 5 rings (SSSR count). The Bertz CT molecular complexity index is 1160. The summed E-state index contributed by atoms with van der Waals surface area (Å²) in [4.78, 5) is 45.9. The van der Waals surface area contributed by atoms with E-state index in [9.17, 15) is 14.4 Å². The molecule has 1 saturated heterocycles. The minimum atomic E-state index is -0.340. The van der Waals surface area contributed by atoms with E-state index in [0.717, 1.165) is 19.6 Å². The number of ketones is 2. The first-order chi connectivity index (χ1) is 14.2. The van der Waals surface area contributed by atoms with Gasteiger partial charge in [0, 0.05) is 25.5 Å². The number of nitrogens with zero attached hydrogens (tertiary/aromatic N) is 3. The first-order valence-electron chi connectivity index (χ1n) is 9.85. The molecule has 7 nitrogen and oxygen atoms in total. The van der Waals surface area contributed by atoms with Crippen molar-refractivity contribution in [2.45, 2.75) is 12.8 Å². The van der Waals surface area contributed by atoms with E-state index < -0.39 is 0 Å². The average molecular weight is 388 g/mol. The maximum absolute atomic E-state index is 13.2. The summed E-state index contributed by atoms with van der Waals surface area (Å²) in [5.74, 6) is -1.01. The van der Waals surface area contributed by atoms with Crippen LogP contribution in [-0.2, 0) is 0 Å². The van der Waals surface area contributed by atoms with Gasteiger partial charge in [-0.2, -0.15) is 0 Å². The molecule has 3 aromatic rings. The second kappa shape index (κ2) is 6.93. The molecule has 29 heavy (non-hydrogen) atoms. The van der Waals surface area contributed by atoms with Crippen molar-refractivity contribution in [3.05, 3.63) is 70.8 Å². The number of carbonyl (C=O) groups excluding carboxylic acids is 3. The third kappa shape index (κ3) is 2.77. The Kier molecular flexibility index (Phi) is 4.24. The monoisotopic (exact) mass is 388 g/mol. The van der Waals surface area contributed by atoms with Crippen molar-refractivity contribution in [1.82, 2.24) is 19.6 Å². The van der Waals surface area contributed by atoms with Gasteiger partial charge in [0.1, 0.15) is 11.4 Å². The fourth-order valence-electron chi connectivity index (χ4n) is 4.32. The van der Waals surface area contributed by atoms with Crippen molar-refractivity contribution >= 4 is 23.0 Å². The average Bonchev–Trinajstić information content (AvgIpc) is 3.38. The highest BCUT2D eigenvalue weighted by molar-refractivity contribution is 6.31. The molecule has 1 amide bonds. The SMILES string of the molecule is O=C1c2cccnc2C(=O)c2c1c(C(=O)NCCN1CCCC1)c1ccccn21. The lowest BCUT2D eigenvalue weighted by atomic mass is 9.89. The second-order valence-electron chi connectivity index (χ2n) is 7.42. The lowest BCUT2D eigenvalue weighted by Gasteiger charge is -2.16. The van der Waals surface area contributed by atoms with Crippen molar-refractivity contribution in [3.8, 4) is 0 Å². The Labute approximate surface area is 167 Å². The highest BCUT2D eigenvalue weighted by Crippen LogP contribution is 2.32. The molecule has 7 heteroatoms. The van der Waals surface area contributed by atoms with Crippen molar-refractivity contribution in [1.29, 1.82) is 0 Å². The summed E-state index contributed by atoms with van der Waals surface area (Å²) in [6.07, 6.45) is 5.58. The standard InChI is InChI=1S/C22H20N4O3/c27-20-14-6-5-8-23-18(14)21(28)19-17(20)16(15-7-1-2-12-26(15)19)22(29)24-9-13-25-10-3-4-11-25/h1-2,5-8,12H,3-4,9-11,13H2,(H,24,29). The first kappa shape index (κ1) is 17.8. The highest BCUT2D eigenvalue weighted by Gasteiger charge is 2.38. The Hall–Kier alpha value is -3.32. The van der Waals surface area contributed by atoms with E-state index in [1.807, 2.05) is 0 Å². The van der Waals surface area contributed by atoms with Gasteiger partial charge in [-0.3, -0.25) is 19.4 Å². The molecule has 1 aliphatic carbocycles. The van der Waals surface area contributed by atoms with Crippen LogP contribution in [0.3, 0.4) is 0 Å². The van der Waals surface area contributed by atoms with Crippen LogP contribution in [0, 0.1) is 0 Å². The number of pyridine rings is 2. The number of rotatable bonds is 4. The van der Waals surface area contributed by atoms with Crippen LogP contribution in [0.1, 0.15) is 55.3 Å². The largest absolute Gasteiger partial charge is 0.351 e. The number of hydrogen-bond acceptors (Lipinski definition) is 5. The van der Waals surface area contributed by atoms with Crippen LogP contribution in [0.2, 0.25) is 0 Å². The van der Waals surface area contributed by atoms with Crippen molar-refractivity contribution < 1.29 is 14.4 Å². The Morgan fingerprint density at radius 3 is 2.72 bits per heavy atom. The molecule has 0 atom stereocenters. The highest BCUT2D eigenvalue weighted by atomic mass is 16.2. The topological polar surface area (TPSA) is 83.8 Å². The second-order valence-corrected chi connectivity index (χ2v) is 7.42. The maximum atomic E-state index is 13.2. The van der Waals surface area contributed by atoms with Gasteiger partial charge in [0.15, 0.2) is 5.78 Å². The van der Waals surface area contributed by atoms with Gasteiger partial charge >= 0.3 is 0 Å². The van der Waals surface area contributed by atoms with Gasteiger partial charge in [-0.15, -0.1) is 0 Å². The normalized spacial score (nSPS) is 16.1. The summed E-state index contributed by atoms with van der Waals surface area (Å²) in [6.45, 7) is 3.38. The number of fused-ring (bicyclic) bond motifs is 4. The Morgan fingerprint density at radius 1 is 1.07 bits per heavy atom. The predicted molar refractivity (Wildman–Crippen MR) is 107 cm³/mol. The summed E-state index contributed by atoms with van der Waals surface area (Å²) in [5, 5.41) is 2.94. The van der Waals surface area contributed by atoms with Crippen molar-refractivity contribution in [3.63, 3.8) is 0 Å². The zero-order valence-corrected chi connectivity index (χ0v) is 15.9. The van der Waals surface area contributed by atoms with Crippen LogP contribution >= 0.6 is 0 Å². The molecule has 0 radical (unpaired) electrons. The molecule has 0 spiro atoms. The molecule has 0 bridgehead atoms. The van der Waals surface area contributed by atoms with Gasteiger partial charge in [-0.05, 0) is 50.2 Å². The Balaban J connectivity index is 1.57. The molecule has 146 valence electrons. The molecule has 4 heterocycles. The van der Waals surface area contributed by atoms with Crippen LogP contribution in [0.15, 0.2) is 42.7 Å². The molecule has 1 aliphatic heterocycles. The van der Waals surface area contributed by atoms with Gasteiger partial charge in [0.25, 0.3) is 5.91 Å². The zero-order chi connectivity index (χ0) is 20.0. The minimum absolute atomic E-state index is 0.134. The molecule has 0 aromatic carbocycles. The number of aromatic nitrogens is 2. The van der Waals surface area contributed by atoms with Crippen LogP contribution in [0.4, 0.5) is 0 Å². The van der Waals surface area contributed by atoms with E-state index >= 15 is 0 Å². The fourth-order valence-corrected chi connectivity index (χ4v) is 4.32. The molecule has 1 fully saturated rings. The van der Waals surface area contributed by atoms with Gasteiger partial charge in [-0.1, -0.05) is 6.07 Å².